The predicted molar refractivity (Wildman–Crippen MR) is 151 cm³/mol. The summed E-state index contributed by atoms with van der Waals surface area (Å²) in [4.78, 5) is 38.3. The number of rotatable bonds is 6. The van der Waals surface area contributed by atoms with Crippen molar-refractivity contribution in [3.05, 3.63) is 86.7 Å². The summed E-state index contributed by atoms with van der Waals surface area (Å²) >= 11 is 5.91. The van der Waals surface area contributed by atoms with Gasteiger partial charge in [0, 0.05) is 44.5 Å². The summed E-state index contributed by atoms with van der Waals surface area (Å²) in [5, 5.41) is 13.4. The summed E-state index contributed by atoms with van der Waals surface area (Å²) in [6.45, 7) is 6.30. The van der Waals surface area contributed by atoms with Gasteiger partial charge in [-0.1, -0.05) is 23.7 Å². The summed E-state index contributed by atoms with van der Waals surface area (Å²) in [5.41, 5.74) is 2.97. The Labute approximate surface area is 229 Å². The van der Waals surface area contributed by atoms with Crippen molar-refractivity contribution >= 4 is 45.8 Å². The number of halogens is 2. The molecule has 9 nitrogen and oxygen atoms in total. The molecular weight excluding hydrogens is 523 g/mol. The van der Waals surface area contributed by atoms with Gasteiger partial charge in [-0.05, 0) is 55.8 Å². The van der Waals surface area contributed by atoms with E-state index in [1.807, 2.05) is 32.0 Å². The second-order valence-corrected chi connectivity index (χ2v) is 10.1. The number of carboxylic acid groups (broad SMARTS) is 1. The fourth-order valence-electron chi connectivity index (χ4n) is 5.02. The summed E-state index contributed by atoms with van der Waals surface area (Å²) < 4.78 is 15.3. The van der Waals surface area contributed by atoms with E-state index in [0.717, 1.165) is 16.8 Å². The van der Waals surface area contributed by atoms with Gasteiger partial charge in [-0.25, -0.2) is 19.2 Å². The second kappa shape index (κ2) is 10.5. The highest BCUT2D eigenvalue weighted by atomic mass is 35.5. The third-order valence-electron chi connectivity index (χ3n) is 6.97. The zero-order valence-electron chi connectivity index (χ0n) is 21.8. The lowest BCUT2D eigenvalue weighted by Crippen LogP contribution is -2.48. The summed E-state index contributed by atoms with van der Waals surface area (Å²) in [6, 6.07) is 13.0. The Hall–Kier alpha value is -4.18. The van der Waals surface area contributed by atoms with E-state index in [0.29, 0.717) is 48.7 Å². The van der Waals surface area contributed by atoms with Gasteiger partial charge in [0.15, 0.2) is 5.69 Å². The maximum atomic E-state index is 13.7. The molecule has 3 heterocycles. The van der Waals surface area contributed by atoms with Crippen LogP contribution < -0.4 is 20.7 Å². The lowest BCUT2D eigenvalue weighted by molar-refractivity contribution is 0.0691. The first-order chi connectivity index (χ1) is 18.6. The van der Waals surface area contributed by atoms with Crippen LogP contribution in [0.4, 0.5) is 21.7 Å². The quantitative estimate of drug-likeness (QED) is 0.335. The van der Waals surface area contributed by atoms with Crippen molar-refractivity contribution in [1.29, 1.82) is 0 Å². The number of nitrogens with one attached hydrogen (secondary N) is 1. The first kappa shape index (κ1) is 26.4. The summed E-state index contributed by atoms with van der Waals surface area (Å²) in [7, 11) is 1.71. The molecule has 202 valence electrons. The van der Waals surface area contributed by atoms with Crippen LogP contribution in [0.2, 0.25) is 5.15 Å². The van der Waals surface area contributed by atoms with E-state index in [4.69, 9.17) is 16.6 Å². The van der Waals surface area contributed by atoms with Crippen LogP contribution >= 0.6 is 11.6 Å². The van der Waals surface area contributed by atoms with Crippen molar-refractivity contribution in [1.82, 2.24) is 14.5 Å². The van der Waals surface area contributed by atoms with Gasteiger partial charge in [-0.15, -0.1) is 0 Å². The molecule has 1 aliphatic heterocycles. The number of benzene rings is 2. The van der Waals surface area contributed by atoms with E-state index >= 15 is 0 Å². The van der Waals surface area contributed by atoms with Crippen molar-refractivity contribution in [3.63, 3.8) is 0 Å². The molecule has 4 aromatic rings. The number of carboxylic acids is 1. The van der Waals surface area contributed by atoms with E-state index in [9.17, 15) is 19.1 Å². The first-order valence-electron chi connectivity index (χ1n) is 12.6. The van der Waals surface area contributed by atoms with Crippen LogP contribution in [0.15, 0.2) is 53.3 Å². The molecule has 39 heavy (non-hydrogen) atoms. The topological polar surface area (TPSA) is 104 Å². The molecule has 0 aliphatic carbocycles. The molecule has 0 saturated carbocycles. The number of piperazine rings is 1. The molecule has 1 atom stereocenters. The lowest BCUT2D eigenvalue weighted by atomic mass is 10.0. The number of nitrogens with zero attached hydrogens (tertiary/aromatic N) is 5. The summed E-state index contributed by atoms with van der Waals surface area (Å²) in [5.74, 6) is -0.931. The average molecular weight is 551 g/mol. The van der Waals surface area contributed by atoms with E-state index in [2.05, 4.69) is 20.1 Å². The fraction of sp³-hybridized carbons (Fsp3) is 0.286. The number of aromatic nitrogens is 3. The molecule has 0 radical (unpaired) electrons. The van der Waals surface area contributed by atoms with Crippen LogP contribution in [0.25, 0.3) is 10.9 Å². The highest BCUT2D eigenvalue weighted by Gasteiger charge is 2.24. The second-order valence-electron chi connectivity index (χ2n) is 9.68. The average Bonchev–Trinajstić information content (AvgIpc) is 2.91. The van der Waals surface area contributed by atoms with Gasteiger partial charge in [0.05, 0.1) is 22.6 Å². The zero-order chi connectivity index (χ0) is 27.8. The first-order valence-corrected chi connectivity index (χ1v) is 12.9. The molecule has 1 fully saturated rings. The van der Waals surface area contributed by atoms with Crippen molar-refractivity contribution in [2.24, 2.45) is 7.05 Å². The molecule has 1 saturated heterocycles. The summed E-state index contributed by atoms with van der Waals surface area (Å²) in [6.07, 6.45) is 0. The minimum Gasteiger partial charge on any atom is -0.476 e. The number of anilines is 3. The molecule has 5 rings (SSSR count). The zero-order valence-corrected chi connectivity index (χ0v) is 22.5. The predicted octanol–water partition coefficient (Wildman–Crippen LogP) is 4.63. The monoisotopic (exact) mass is 550 g/mol. The van der Waals surface area contributed by atoms with Crippen LogP contribution in [0.3, 0.4) is 0 Å². The minimum absolute atomic E-state index is 0.0823. The number of pyridine rings is 1. The molecule has 0 unspecified atom stereocenters. The Morgan fingerprint density at radius 1 is 1.08 bits per heavy atom. The smallest absolute Gasteiger partial charge is 0.356 e. The molecule has 2 N–H and O–H groups in total. The highest BCUT2D eigenvalue weighted by Crippen LogP contribution is 2.29. The van der Waals surface area contributed by atoms with Gasteiger partial charge in [0.25, 0.3) is 5.56 Å². The molecule has 0 amide bonds. The van der Waals surface area contributed by atoms with Gasteiger partial charge < -0.3 is 20.2 Å². The van der Waals surface area contributed by atoms with Crippen LogP contribution in [0.5, 0.6) is 0 Å². The van der Waals surface area contributed by atoms with Crippen LogP contribution in [-0.2, 0) is 7.05 Å². The molecule has 2 aromatic carbocycles. The number of fused-ring (bicyclic) bond motifs is 1. The maximum Gasteiger partial charge on any atom is 0.356 e. The van der Waals surface area contributed by atoms with E-state index in [1.165, 1.54) is 18.2 Å². The molecule has 0 spiro atoms. The number of carbonyl (C=O) groups is 1. The highest BCUT2D eigenvalue weighted by molar-refractivity contribution is 6.29. The number of hydrogen-bond donors (Lipinski definition) is 2. The van der Waals surface area contributed by atoms with Gasteiger partial charge >= 0.3 is 5.97 Å². The van der Waals surface area contributed by atoms with E-state index in [1.54, 1.807) is 23.7 Å². The Balaban J connectivity index is 1.49. The fourth-order valence-corrected chi connectivity index (χ4v) is 5.16. The molecule has 1 aliphatic rings. The third-order valence-corrected chi connectivity index (χ3v) is 7.18. The van der Waals surface area contributed by atoms with Crippen molar-refractivity contribution < 1.29 is 14.3 Å². The molecular formula is C28H28ClFN6O3. The van der Waals surface area contributed by atoms with E-state index < -0.39 is 12.0 Å². The SMILES string of the molecule is Cc1cc([C@@H](C)Nc2ccc(Cl)nc2C(=O)O)c2nc(N3CCN(c4cccc(F)c4)CC3)n(C)c(=O)c2c1. The molecule has 2 aromatic heterocycles. The third kappa shape index (κ3) is 5.24. The Morgan fingerprint density at radius 3 is 2.49 bits per heavy atom. The largest absolute Gasteiger partial charge is 0.476 e. The normalized spacial score (nSPS) is 14.5. The van der Waals surface area contributed by atoms with Gasteiger partial charge in [0.2, 0.25) is 5.95 Å². The van der Waals surface area contributed by atoms with Crippen LogP contribution in [0, 0.1) is 12.7 Å². The molecule has 11 heteroatoms. The lowest BCUT2D eigenvalue weighted by Gasteiger charge is -2.37. The van der Waals surface area contributed by atoms with Crippen molar-refractivity contribution in [3.8, 4) is 0 Å². The number of aromatic carboxylic acids is 1. The van der Waals surface area contributed by atoms with Crippen molar-refractivity contribution in [2.45, 2.75) is 19.9 Å². The van der Waals surface area contributed by atoms with E-state index in [-0.39, 0.29) is 22.2 Å². The Bertz CT molecular complexity index is 1630. The van der Waals surface area contributed by atoms with Crippen LogP contribution in [0.1, 0.15) is 34.6 Å². The van der Waals surface area contributed by atoms with Crippen LogP contribution in [-0.4, -0.2) is 51.8 Å². The minimum atomic E-state index is -1.20. The number of aryl methyl sites for hydroxylation is 1. The maximum absolute atomic E-state index is 13.7. The Kier molecular flexibility index (Phi) is 7.14. The Morgan fingerprint density at radius 2 is 1.79 bits per heavy atom. The number of hydrogen-bond acceptors (Lipinski definition) is 7. The van der Waals surface area contributed by atoms with Gasteiger partial charge in [0.1, 0.15) is 11.0 Å². The van der Waals surface area contributed by atoms with Crippen molar-refractivity contribution in [2.75, 3.05) is 41.3 Å². The molecule has 0 bridgehead atoms. The standard InChI is InChI=1S/C28H28ClFN6O3/c1-16-13-20(17(2)31-22-7-8-23(29)32-25(22)27(38)39)24-21(14-16)26(37)34(3)28(33-24)36-11-9-35(10-12-36)19-6-4-5-18(30)15-19/h4-8,13-15,17,31H,9-12H2,1-3H3,(H,38,39)/t17-/m1/s1. The van der Waals surface area contributed by atoms with Gasteiger partial charge in [-0.3, -0.25) is 9.36 Å². The van der Waals surface area contributed by atoms with Gasteiger partial charge in [-0.2, -0.15) is 0 Å².